The van der Waals surface area contributed by atoms with E-state index in [-0.39, 0.29) is 18.2 Å². The van der Waals surface area contributed by atoms with Crippen molar-refractivity contribution in [3.8, 4) is 34.3 Å². The molecule has 164 valence electrons. The van der Waals surface area contributed by atoms with Gasteiger partial charge in [-0.05, 0) is 48.0 Å². The second kappa shape index (κ2) is 8.98. The summed E-state index contributed by atoms with van der Waals surface area (Å²) in [5.74, 6) is -0.774. The number of benzene rings is 2. The summed E-state index contributed by atoms with van der Waals surface area (Å²) in [5.41, 5.74) is 2.25. The number of rotatable bonds is 5. The van der Waals surface area contributed by atoms with Gasteiger partial charge in [0.2, 0.25) is 5.91 Å². The van der Waals surface area contributed by atoms with Crippen LogP contribution in [-0.4, -0.2) is 20.6 Å². The number of aromatic nitrogens is 3. The molecule has 0 radical (unpaired) electrons. The molecule has 0 bridgehead atoms. The number of H-pyrrole nitrogens is 1. The lowest BCUT2D eigenvalue weighted by Gasteiger charge is -2.15. The fraction of sp³-hybridized carbons (Fsp3) is 0.0870. The van der Waals surface area contributed by atoms with Crippen molar-refractivity contribution < 1.29 is 9.32 Å². The van der Waals surface area contributed by atoms with Gasteiger partial charge >= 0.3 is 5.76 Å². The zero-order valence-corrected chi connectivity index (χ0v) is 18.0. The minimum Gasteiger partial charge on any atom is -0.324 e. The van der Waals surface area contributed by atoms with Crippen LogP contribution in [0, 0.1) is 11.3 Å². The largest absolute Gasteiger partial charge is 0.439 e. The van der Waals surface area contributed by atoms with Crippen LogP contribution < -0.4 is 16.6 Å². The number of amides is 1. The van der Waals surface area contributed by atoms with Crippen LogP contribution in [0.4, 0.5) is 5.69 Å². The Bertz CT molecular complexity index is 1530. The van der Waals surface area contributed by atoms with Gasteiger partial charge in [-0.25, -0.2) is 4.79 Å². The Morgan fingerprint density at radius 2 is 2.00 bits per heavy atom. The van der Waals surface area contributed by atoms with Crippen molar-refractivity contribution in [3.63, 3.8) is 0 Å². The number of carbonyl (C=O) groups is 1. The van der Waals surface area contributed by atoms with Crippen molar-refractivity contribution in [3.05, 3.63) is 86.2 Å². The summed E-state index contributed by atoms with van der Waals surface area (Å²) in [7, 11) is 0. The van der Waals surface area contributed by atoms with Crippen LogP contribution in [-0.2, 0) is 4.79 Å². The van der Waals surface area contributed by atoms with Crippen LogP contribution in [0.2, 0.25) is 5.02 Å². The van der Waals surface area contributed by atoms with Crippen molar-refractivity contribution >= 4 is 23.2 Å². The Kier molecular flexibility index (Phi) is 5.93. The highest BCUT2D eigenvalue weighted by atomic mass is 35.5. The van der Waals surface area contributed by atoms with Gasteiger partial charge in [0, 0.05) is 34.8 Å². The van der Waals surface area contributed by atoms with Gasteiger partial charge in [-0.1, -0.05) is 23.7 Å². The number of hydrogen-bond acceptors (Lipinski definition) is 6. The zero-order chi connectivity index (χ0) is 23.5. The lowest BCUT2D eigenvalue weighted by molar-refractivity contribution is -0.115. The molecule has 2 heterocycles. The Hall–Kier alpha value is -4.42. The lowest BCUT2D eigenvalue weighted by atomic mass is 10.0. The standard InChI is InChI=1S/C23H16ClN5O4/c1-2-20(30)26-18-6-4-14(22-27-23(32)33-28-22)9-19(18)29-8-7-13(10-21(29)31)17-11-16(24)5-3-15(17)12-25/h3-11H,2H2,1H3,(H,26,30)(H,27,28,32). The van der Waals surface area contributed by atoms with Crippen LogP contribution in [0.15, 0.2) is 68.8 Å². The van der Waals surface area contributed by atoms with Gasteiger partial charge in [0.05, 0.1) is 23.0 Å². The Morgan fingerprint density at radius 3 is 2.67 bits per heavy atom. The molecule has 0 aliphatic heterocycles. The molecule has 0 spiro atoms. The molecular formula is C23H16ClN5O4. The smallest absolute Gasteiger partial charge is 0.324 e. The van der Waals surface area contributed by atoms with E-state index in [0.717, 1.165) is 0 Å². The van der Waals surface area contributed by atoms with E-state index in [1.165, 1.54) is 16.8 Å². The molecule has 10 heteroatoms. The number of aromatic amines is 1. The lowest BCUT2D eigenvalue weighted by Crippen LogP contribution is -2.20. The van der Waals surface area contributed by atoms with E-state index in [9.17, 15) is 19.6 Å². The number of hydrogen-bond donors (Lipinski definition) is 2. The van der Waals surface area contributed by atoms with Crippen LogP contribution in [0.25, 0.3) is 28.2 Å². The Balaban J connectivity index is 1.86. The number of nitrogens with one attached hydrogen (secondary N) is 2. The molecule has 2 aromatic heterocycles. The van der Waals surface area contributed by atoms with Crippen molar-refractivity contribution in [1.82, 2.24) is 14.7 Å². The fourth-order valence-electron chi connectivity index (χ4n) is 3.28. The maximum Gasteiger partial charge on any atom is 0.439 e. The van der Waals surface area contributed by atoms with Gasteiger partial charge in [-0.3, -0.25) is 23.7 Å². The van der Waals surface area contributed by atoms with Crippen LogP contribution in [0.5, 0.6) is 0 Å². The normalized spacial score (nSPS) is 10.6. The average molecular weight is 462 g/mol. The summed E-state index contributed by atoms with van der Waals surface area (Å²) >= 11 is 6.08. The molecule has 9 nitrogen and oxygen atoms in total. The summed E-state index contributed by atoms with van der Waals surface area (Å²) in [5, 5.41) is 16.3. The van der Waals surface area contributed by atoms with Gasteiger partial charge in [-0.15, -0.1) is 0 Å². The molecule has 0 unspecified atom stereocenters. The maximum atomic E-state index is 13.1. The fourth-order valence-corrected chi connectivity index (χ4v) is 3.45. The SMILES string of the molecule is CCC(=O)Nc1ccc(-c2noc(=O)[nH]2)cc1-n1ccc(-c2cc(Cl)ccc2C#N)cc1=O. The molecule has 33 heavy (non-hydrogen) atoms. The third-order valence-electron chi connectivity index (χ3n) is 4.90. The second-order valence-corrected chi connectivity index (χ2v) is 7.44. The molecule has 4 aromatic rings. The first-order chi connectivity index (χ1) is 15.9. The molecule has 4 rings (SSSR count). The molecule has 2 aromatic carbocycles. The van der Waals surface area contributed by atoms with Crippen molar-refractivity contribution in [2.75, 3.05) is 5.32 Å². The van der Waals surface area contributed by atoms with E-state index in [2.05, 4.69) is 26.0 Å². The topological polar surface area (TPSA) is 134 Å². The quantitative estimate of drug-likeness (QED) is 0.465. The van der Waals surface area contributed by atoms with E-state index in [4.69, 9.17) is 11.6 Å². The zero-order valence-electron chi connectivity index (χ0n) is 17.3. The maximum absolute atomic E-state index is 13.1. The minimum atomic E-state index is -0.716. The molecule has 0 aliphatic carbocycles. The Morgan fingerprint density at radius 1 is 1.18 bits per heavy atom. The monoisotopic (exact) mass is 461 g/mol. The summed E-state index contributed by atoms with van der Waals surface area (Å²) in [6, 6.07) is 14.8. The number of nitriles is 1. The third-order valence-corrected chi connectivity index (χ3v) is 5.13. The van der Waals surface area contributed by atoms with Crippen LogP contribution >= 0.6 is 11.6 Å². The van der Waals surface area contributed by atoms with Gasteiger partial charge in [0.1, 0.15) is 0 Å². The molecule has 2 N–H and O–H groups in total. The Labute approximate surface area is 191 Å². The van der Waals surface area contributed by atoms with Gasteiger partial charge in [0.25, 0.3) is 5.56 Å². The summed E-state index contributed by atoms with van der Waals surface area (Å²) < 4.78 is 5.90. The van der Waals surface area contributed by atoms with E-state index in [1.807, 2.05) is 0 Å². The van der Waals surface area contributed by atoms with Gasteiger partial charge < -0.3 is 5.32 Å². The molecule has 0 atom stereocenters. The first kappa shape index (κ1) is 21.8. The van der Waals surface area contributed by atoms with E-state index in [0.29, 0.717) is 38.7 Å². The average Bonchev–Trinajstić information content (AvgIpc) is 3.25. The van der Waals surface area contributed by atoms with Crippen molar-refractivity contribution in [1.29, 1.82) is 5.26 Å². The van der Waals surface area contributed by atoms with Gasteiger partial charge in [-0.2, -0.15) is 5.26 Å². The highest BCUT2D eigenvalue weighted by Crippen LogP contribution is 2.28. The van der Waals surface area contributed by atoms with Crippen LogP contribution in [0.3, 0.4) is 0 Å². The molecule has 0 aliphatic rings. The molecule has 1 amide bonds. The van der Waals surface area contributed by atoms with Crippen LogP contribution in [0.1, 0.15) is 18.9 Å². The first-order valence-corrected chi connectivity index (χ1v) is 10.2. The number of halogens is 1. The predicted molar refractivity (Wildman–Crippen MR) is 122 cm³/mol. The molecule has 0 fully saturated rings. The van der Waals surface area contributed by atoms with E-state index in [1.54, 1.807) is 49.4 Å². The first-order valence-electron chi connectivity index (χ1n) is 9.83. The second-order valence-electron chi connectivity index (χ2n) is 7.00. The molecule has 0 saturated heterocycles. The number of pyridine rings is 1. The van der Waals surface area contributed by atoms with Gasteiger partial charge in [0.15, 0.2) is 5.82 Å². The van der Waals surface area contributed by atoms with Crippen molar-refractivity contribution in [2.45, 2.75) is 13.3 Å². The third kappa shape index (κ3) is 4.46. The van der Waals surface area contributed by atoms with E-state index >= 15 is 0 Å². The van der Waals surface area contributed by atoms with Crippen molar-refractivity contribution in [2.24, 2.45) is 0 Å². The molecular weight excluding hydrogens is 446 g/mol. The summed E-state index contributed by atoms with van der Waals surface area (Å²) in [4.78, 5) is 38.9. The van der Waals surface area contributed by atoms with E-state index < -0.39 is 11.3 Å². The molecule has 0 saturated carbocycles. The summed E-state index contributed by atoms with van der Waals surface area (Å²) in [6.07, 6.45) is 1.78. The number of nitrogens with zero attached hydrogens (tertiary/aromatic N) is 3. The number of anilines is 1. The highest BCUT2D eigenvalue weighted by molar-refractivity contribution is 6.30. The minimum absolute atomic E-state index is 0.178. The number of carbonyl (C=O) groups excluding carboxylic acids is 1. The highest BCUT2D eigenvalue weighted by Gasteiger charge is 2.14. The summed E-state index contributed by atoms with van der Waals surface area (Å²) in [6.45, 7) is 1.71. The predicted octanol–water partition coefficient (Wildman–Crippen LogP) is 3.72.